The molecule has 0 aliphatic heterocycles. The Bertz CT molecular complexity index is 564. The minimum absolute atomic E-state index is 0.0273. The lowest BCUT2D eigenvalue weighted by molar-refractivity contribution is -0.123. The molecule has 134 valence electrons. The number of alkyl halides is 3. The van der Waals surface area contributed by atoms with E-state index in [1.165, 1.54) is 25.3 Å². The van der Waals surface area contributed by atoms with Gasteiger partial charge in [-0.05, 0) is 19.1 Å². The molecule has 0 fully saturated rings. The van der Waals surface area contributed by atoms with Crippen LogP contribution in [0.15, 0.2) is 24.3 Å². The first-order valence-electron chi connectivity index (χ1n) is 7.19. The number of methoxy groups -OCH3 is 1. The van der Waals surface area contributed by atoms with Crippen LogP contribution in [0.3, 0.4) is 0 Å². The standard InChI is InChI=1S/C15H20F3N3O3/c1-10(8-24-2)21-13(22)7-19-12-6-4-3-5-11(12)14(23)20-9-15(16,17)18/h3-6,10,19H,7-9H2,1-2H3,(H,20,23)(H,21,22). The molecule has 2 amide bonds. The monoisotopic (exact) mass is 347 g/mol. The summed E-state index contributed by atoms with van der Waals surface area (Å²) >= 11 is 0. The average Bonchev–Trinajstić information content (AvgIpc) is 2.50. The molecule has 0 radical (unpaired) electrons. The van der Waals surface area contributed by atoms with Crippen molar-refractivity contribution in [3.63, 3.8) is 0 Å². The van der Waals surface area contributed by atoms with Gasteiger partial charge in [-0.1, -0.05) is 12.1 Å². The van der Waals surface area contributed by atoms with Gasteiger partial charge in [-0.25, -0.2) is 0 Å². The molecule has 24 heavy (non-hydrogen) atoms. The van der Waals surface area contributed by atoms with Crippen LogP contribution in [0.5, 0.6) is 0 Å². The van der Waals surface area contributed by atoms with Crippen molar-refractivity contribution in [3.8, 4) is 0 Å². The molecule has 1 aromatic rings. The van der Waals surface area contributed by atoms with Crippen molar-refractivity contribution < 1.29 is 27.5 Å². The Morgan fingerprint density at radius 3 is 2.54 bits per heavy atom. The first-order chi connectivity index (χ1) is 11.2. The van der Waals surface area contributed by atoms with Crippen LogP contribution in [0.4, 0.5) is 18.9 Å². The second kappa shape index (κ2) is 9.11. The van der Waals surface area contributed by atoms with E-state index in [1.807, 2.05) is 0 Å². The number of para-hydroxylation sites is 1. The summed E-state index contributed by atoms with van der Waals surface area (Å²) in [6.07, 6.45) is -4.49. The third kappa shape index (κ3) is 7.32. The molecule has 1 rings (SSSR count). The van der Waals surface area contributed by atoms with E-state index in [-0.39, 0.29) is 29.7 Å². The quantitative estimate of drug-likeness (QED) is 0.667. The maximum Gasteiger partial charge on any atom is 0.405 e. The van der Waals surface area contributed by atoms with Crippen LogP contribution < -0.4 is 16.0 Å². The highest BCUT2D eigenvalue weighted by Crippen LogP contribution is 2.16. The number of halogens is 3. The molecule has 3 N–H and O–H groups in total. The van der Waals surface area contributed by atoms with Crippen LogP contribution in [-0.4, -0.2) is 50.8 Å². The van der Waals surface area contributed by atoms with E-state index < -0.39 is 18.6 Å². The van der Waals surface area contributed by atoms with Crippen LogP contribution in [0.2, 0.25) is 0 Å². The van der Waals surface area contributed by atoms with Crippen molar-refractivity contribution in [1.82, 2.24) is 10.6 Å². The highest BCUT2D eigenvalue weighted by atomic mass is 19.4. The largest absolute Gasteiger partial charge is 0.405 e. The van der Waals surface area contributed by atoms with E-state index in [1.54, 1.807) is 18.3 Å². The molecule has 1 unspecified atom stereocenters. The fourth-order valence-electron chi connectivity index (χ4n) is 1.90. The molecule has 6 nitrogen and oxygen atoms in total. The van der Waals surface area contributed by atoms with Gasteiger partial charge < -0.3 is 20.7 Å². The molecular formula is C15H20F3N3O3. The molecule has 0 aliphatic carbocycles. The molecule has 0 aromatic heterocycles. The molecule has 0 heterocycles. The second-order valence-electron chi connectivity index (χ2n) is 5.12. The van der Waals surface area contributed by atoms with Gasteiger partial charge in [-0.15, -0.1) is 0 Å². The van der Waals surface area contributed by atoms with Crippen molar-refractivity contribution >= 4 is 17.5 Å². The van der Waals surface area contributed by atoms with E-state index in [9.17, 15) is 22.8 Å². The second-order valence-corrected chi connectivity index (χ2v) is 5.12. The fourth-order valence-corrected chi connectivity index (χ4v) is 1.90. The van der Waals surface area contributed by atoms with Crippen molar-refractivity contribution in [2.45, 2.75) is 19.1 Å². The van der Waals surface area contributed by atoms with Crippen LogP contribution >= 0.6 is 0 Å². The molecule has 1 aromatic carbocycles. The van der Waals surface area contributed by atoms with Crippen LogP contribution in [0, 0.1) is 0 Å². The zero-order valence-corrected chi connectivity index (χ0v) is 13.4. The topological polar surface area (TPSA) is 79.5 Å². The first-order valence-corrected chi connectivity index (χ1v) is 7.19. The van der Waals surface area contributed by atoms with E-state index in [0.717, 1.165) is 0 Å². The van der Waals surface area contributed by atoms with Crippen molar-refractivity contribution in [1.29, 1.82) is 0 Å². The van der Waals surface area contributed by atoms with Gasteiger partial charge in [-0.2, -0.15) is 13.2 Å². The molecule has 1 atom stereocenters. The normalized spacial score (nSPS) is 12.4. The number of carbonyl (C=O) groups is 2. The van der Waals surface area contributed by atoms with Gasteiger partial charge in [0.05, 0.1) is 18.7 Å². The Morgan fingerprint density at radius 2 is 1.92 bits per heavy atom. The van der Waals surface area contributed by atoms with Gasteiger partial charge in [0.2, 0.25) is 5.91 Å². The zero-order chi connectivity index (χ0) is 18.2. The van der Waals surface area contributed by atoms with Gasteiger partial charge in [0.15, 0.2) is 0 Å². The number of hydrogen-bond donors (Lipinski definition) is 3. The summed E-state index contributed by atoms with van der Waals surface area (Å²) in [5.41, 5.74) is 0.297. The van der Waals surface area contributed by atoms with Crippen LogP contribution in [0.25, 0.3) is 0 Å². The lowest BCUT2D eigenvalue weighted by atomic mass is 10.1. The lowest BCUT2D eigenvalue weighted by Gasteiger charge is -2.15. The van der Waals surface area contributed by atoms with Gasteiger partial charge in [0, 0.05) is 18.8 Å². The summed E-state index contributed by atoms with van der Waals surface area (Å²) in [5, 5.41) is 7.21. The maximum atomic E-state index is 12.2. The number of rotatable bonds is 8. The maximum absolute atomic E-state index is 12.2. The van der Waals surface area contributed by atoms with Gasteiger partial charge in [0.25, 0.3) is 5.91 Å². The molecule has 0 aliphatic rings. The van der Waals surface area contributed by atoms with Crippen LogP contribution in [-0.2, 0) is 9.53 Å². The lowest BCUT2D eigenvalue weighted by Crippen LogP contribution is -2.39. The Labute approximate surface area is 137 Å². The molecular weight excluding hydrogens is 327 g/mol. The number of nitrogens with one attached hydrogen (secondary N) is 3. The predicted molar refractivity (Wildman–Crippen MR) is 82.8 cm³/mol. The Balaban J connectivity index is 2.63. The van der Waals surface area contributed by atoms with Crippen molar-refractivity contribution in [3.05, 3.63) is 29.8 Å². The highest BCUT2D eigenvalue weighted by Gasteiger charge is 2.28. The third-order valence-electron chi connectivity index (χ3n) is 2.88. The molecule has 0 saturated carbocycles. The smallest absolute Gasteiger partial charge is 0.383 e. The van der Waals surface area contributed by atoms with Gasteiger partial charge in [-0.3, -0.25) is 9.59 Å². The number of amides is 2. The number of ether oxygens (including phenoxy) is 1. The number of anilines is 1. The zero-order valence-electron chi connectivity index (χ0n) is 13.4. The fraction of sp³-hybridized carbons (Fsp3) is 0.467. The molecule has 0 spiro atoms. The van der Waals surface area contributed by atoms with E-state index in [2.05, 4.69) is 10.6 Å². The Hall–Kier alpha value is -2.29. The summed E-state index contributed by atoms with van der Waals surface area (Å²) in [5.74, 6) is -1.20. The molecule has 0 saturated heterocycles. The third-order valence-corrected chi connectivity index (χ3v) is 2.88. The van der Waals surface area contributed by atoms with Gasteiger partial charge >= 0.3 is 6.18 Å². The van der Waals surface area contributed by atoms with E-state index in [0.29, 0.717) is 6.61 Å². The number of benzene rings is 1. The van der Waals surface area contributed by atoms with Crippen LogP contribution in [0.1, 0.15) is 17.3 Å². The minimum atomic E-state index is -4.49. The van der Waals surface area contributed by atoms with Crippen molar-refractivity contribution in [2.75, 3.05) is 32.1 Å². The first kappa shape index (κ1) is 19.8. The minimum Gasteiger partial charge on any atom is -0.383 e. The predicted octanol–water partition coefficient (Wildman–Crippen LogP) is 1.54. The highest BCUT2D eigenvalue weighted by molar-refractivity contribution is 6.00. The SMILES string of the molecule is COCC(C)NC(=O)CNc1ccccc1C(=O)NCC(F)(F)F. The number of carbonyl (C=O) groups excluding carboxylic acids is 2. The van der Waals surface area contributed by atoms with Gasteiger partial charge in [0.1, 0.15) is 6.54 Å². The summed E-state index contributed by atoms with van der Waals surface area (Å²) in [7, 11) is 1.51. The van der Waals surface area contributed by atoms with Crippen molar-refractivity contribution in [2.24, 2.45) is 0 Å². The Morgan fingerprint density at radius 1 is 1.25 bits per heavy atom. The summed E-state index contributed by atoms with van der Waals surface area (Å²) in [6.45, 7) is 0.564. The molecule has 0 bridgehead atoms. The number of hydrogen-bond acceptors (Lipinski definition) is 4. The average molecular weight is 347 g/mol. The Kier molecular flexibility index (Phi) is 7.50. The van der Waals surface area contributed by atoms with E-state index >= 15 is 0 Å². The summed E-state index contributed by atoms with van der Waals surface area (Å²) in [4.78, 5) is 23.6. The summed E-state index contributed by atoms with van der Waals surface area (Å²) < 4.78 is 41.4. The van der Waals surface area contributed by atoms with E-state index in [4.69, 9.17) is 4.74 Å². The summed E-state index contributed by atoms with van der Waals surface area (Å²) in [6, 6.07) is 5.82. The molecule has 9 heteroatoms.